The van der Waals surface area contributed by atoms with Gasteiger partial charge in [-0.3, -0.25) is 14.4 Å². The Labute approximate surface area is 288 Å². The Bertz CT molecular complexity index is 2010. The summed E-state index contributed by atoms with van der Waals surface area (Å²) in [7, 11) is -8.27. The molecule has 0 fully saturated rings. The van der Waals surface area contributed by atoms with Gasteiger partial charge < -0.3 is 9.47 Å². The Kier molecular flexibility index (Phi) is 11.3. The van der Waals surface area contributed by atoms with E-state index in [1.807, 2.05) is 9.44 Å². The number of hydrogen-bond donors (Lipinski definition) is 2. The van der Waals surface area contributed by atoms with Gasteiger partial charge in [0.1, 0.15) is 0 Å². The number of ether oxygens (including phenoxy) is 2. The summed E-state index contributed by atoms with van der Waals surface area (Å²) in [6.07, 6.45) is 0. The van der Waals surface area contributed by atoms with Crippen molar-refractivity contribution in [3.63, 3.8) is 0 Å². The van der Waals surface area contributed by atoms with E-state index in [0.717, 1.165) is 0 Å². The molecule has 50 heavy (non-hydrogen) atoms. The topological polar surface area (TPSA) is 196 Å². The minimum absolute atomic E-state index is 0.0180. The number of aryl methyl sites for hydroxylation is 4. The SMILES string of the molecule is Cc1cc(C(=O)NS(=O)(=O)c2ccccc2)cc(C)c1C(=O)OCC(=O)COC(=O)c1c(C)cc(C(=O)NS(=O)(=O)c2ccccc2)cc1C. The molecule has 0 aliphatic rings. The van der Waals surface area contributed by atoms with E-state index >= 15 is 0 Å². The molecule has 15 heteroatoms. The van der Waals surface area contributed by atoms with Crippen LogP contribution in [-0.4, -0.2) is 59.6 Å². The number of benzene rings is 4. The van der Waals surface area contributed by atoms with Gasteiger partial charge >= 0.3 is 11.9 Å². The Morgan fingerprint density at radius 2 is 0.820 bits per heavy atom. The summed E-state index contributed by atoms with van der Waals surface area (Å²) in [5, 5.41) is 0. The summed E-state index contributed by atoms with van der Waals surface area (Å²) in [4.78, 5) is 63.4. The fraction of sp³-hybridized carbons (Fsp3) is 0.171. The van der Waals surface area contributed by atoms with Crippen LogP contribution in [0.5, 0.6) is 0 Å². The maximum absolute atomic E-state index is 12.8. The number of ketones is 1. The van der Waals surface area contributed by atoms with Crippen LogP contribution in [0.2, 0.25) is 0 Å². The molecule has 2 amide bonds. The molecular formula is C35H32N2O11S2. The molecule has 0 heterocycles. The first-order valence-corrected chi connectivity index (χ1v) is 17.8. The molecule has 0 saturated carbocycles. The highest BCUT2D eigenvalue weighted by Gasteiger charge is 2.24. The average Bonchev–Trinajstić information content (AvgIpc) is 3.06. The number of carbonyl (C=O) groups is 5. The third-order valence-electron chi connectivity index (χ3n) is 7.29. The molecule has 4 aromatic rings. The lowest BCUT2D eigenvalue weighted by molar-refractivity contribution is -0.125. The van der Waals surface area contributed by atoms with Crippen molar-refractivity contribution in [3.8, 4) is 0 Å². The summed E-state index contributed by atoms with van der Waals surface area (Å²) in [6, 6.07) is 19.9. The molecular weight excluding hydrogens is 689 g/mol. The van der Waals surface area contributed by atoms with E-state index in [1.165, 1.54) is 100 Å². The van der Waals surface area contributed by atoms with Gasteiger partial charge in [0.2, 0.25) is 5.78 Å². The molecule has 4 rings (SSSR count). The highest BCUT2D eigenvalue weighted by atomic mass is 32.2. The van der Waals surface area contributed by atoms with Crippen LogP contribution in [0.15, 0.2) is 94.7 Å². The number of amides is 2. The average molecular weight is 721 g/mol. The second-order valence-electron chi connectivity index (χ2n) is 11.2. The van der Waals surface area contributed by atoms with Crippen LogP contribution < -0.4 is 9.44 Å². The van der Waals surface area contributed by atoms with Gasteiger partial charge in [0.25, 0.3) is 31.9 Å². The first-order chi connectivity index (χ1) is 23.5. The zero-order chi connectivity index (χ0) is 36.8. The van der Waals surface area contributed by atoms with E-state index in [1.54, 1.807) is 12.1 Å². The molecule has 0 unspecified atom stereocenters. The van der Waals surface area contributed by atoms with Crippen LogP contribution in [0.3, 0.4) is 0 Å². The Balaban J connectivity index is 1.33. The molecule has 0 saturated heterocycles. The molecule has 0 spiro atoms. The molecule has 260 valence electrons. The lowest BCUT2D eigenvalue weighted by Gasteiger charge is -2.14. The molecule has 0 aliphatic heterocycles. The van der Waals surface area contributed by atoms with Crippen LogP contribution in [0.1, 0.15) is 63.7 Å². The molecule has 0 bridgehead atoms. The van der Waals surface area contributed by atoms with Crippen molar-refractivity contribution in [3.05, 3.63) is 129 Å². The predicted molar refractivity (Wildman–Crippen MR) is 180 cm³/mol. The molecule has 0 aromatic heterocycles. The van der Waals surface area contributed by atoms with E-state index in [0.29, 0.717) is 0 Å². The molecule has 0 radical (unpaired) electrons. The zero-order valence-electron chi connectivity index (χ0n) is 27.3. The summed E-state index contributed by atoms with van der Waals surface area (Å²) in [5.41, 5.74) is 1.24. The standard InChI is InChI=1S/C35H32N2O11S2/c1-21-15-25(32(39)36-49(43,44)28-11-7-5-8-12-28)16-22(2)30(21)34(41)47-19-27(38)20-48-35(42)31-23(3)17-26(18-24(31)4)33(40)37-50(45,46)29-13-9-6-10-14-29/h5-18H,19-20H2,1-4H3,(H,36,39)(H,37,40). The first-order valence-electron chi connectivity index (χ1n) is 14.8. The Morgan fingerprint density at radius 3 is 1.12 bits per heavy atom. The van der Waals surface area contributed by atoms with Gasteiger partial charge in [-0.1, -0.05) is 36.4 Å². The van der Waals surface area contributed by atoms with E-state index in [4.69, 9.17) is 9.47 Å². The molecule has 0 atom stereocenters. The number of Topliss-reactive ketones (excluding diaryl/α,β-unsaturated/α-hetero) is 1. The van der Waals surface area contributed by atoms with Crippen LogP contribution in [0, 0.1) is 27.7 Å². The quantitative estimate of drug-likeness (QED) is 0.202. The number of nitrogens with one attached hydrogen (secondary N) is 2. The van der Waals surface area contributed by atoms with Crippen molar-refractivity contribution >= 4 is 49.6 Å². The molecule has 4 aromatic carbocycles. The lowest BCUT2D eigenvalue weighted by atomic mass is 9.99. The van der Waals surface area contributed by atoms with Crippen LogP contribution in [-0.2, 0) is 34.3 Å². The van der Waals surface area contributed by atoms with Gasteiger partial charge in [0, 0.05) is 11.1 Å². The van der Waals surface area contributed by atoms with E-state index < -0.39 is 62.8 Å². The maximum Gasteiger partial charge on any atom is 0.339 e. The normalized spacial score (nSPS) is 11.3. The van der Waals surface area contributed by atoms with Crippen molar-refractivity contribution in [2.45, 2.75) is 37.5 Å². The summed E-state index contributed by atoms with van der Waals surface area (Å²) in [5.74, 6) is -4.34. The Hall–Kier alpha value is -5.67. The second-order valence-corrected chi connectivity index (χ2v) is 14.5. The number of hydrogen-bond acceptors (Lipinski definition) is 11. The van der Waals surface area contributed by atoms with Gasteiger partial charge in [0.15, 0.2) is 13.2 Å². The summed E-state index contributed by atoms with van der Waals surface area (Å²) in [6.45, 7) is 4.56. The minimum Gasteiger partial charge on any atom is -0.454 e. The first kappa shape index (κ1) is 37.2. The van der Waals surface area contributed by atoms with Crippen molar-refractivity contribution in [1.82, 2.24) is 9.44 Å². The maximum atomic E-state index is 12.8. The van der Waals surface area contributed by atoms with Gasteiger partial charge in [-0.05, 0) is 98.5 Å². The van der Waals surface area contributed by atoms with E-state index in [-0.39, 0.29) is 54.3 Å². The molecule has 0 aliphatic carbocycles. The summed E-state index contributed by atoms with van der Waals surface area (Å²) < 4.78 is 64.4. The molecule has 2 N–H and O–H groups in total. The van der Waals surface area contributed by atoms with E-state index in [9.17, 15) is 40.8 Å². The highest BCUT2D eigenvalue weighted by molar-refractivity contribution is 7.90. The zero-order valence-corrected chi connectivity index (χ0v) is 28.9. The molecule has 13 nitrogen and oxygen atoms in total. The Morgan fingerprint density at radius 1 is 0.520 bits per heavy atom. The smallest absolute Gasteiger partial charge is 0.339 e. The third-order valence-corrected chi connectivity index (χ3v) is 9.98. The third kappa shape index (κ3) is 8.86. The fourth-order valence-corrected chi connectivity index (χ4v) is 6.98. The van der Waals surface area contributed by atoms with Gasteiger partial charge in [-0.2, -0.15) is 0 Å². The second kappa shape index (κ2) is 15.3. The minimum atomic E-state index is -4.13. The van der Waals surface area contributed by atoms with Crippen LogP contribution >= 0.6 is 0 Å². The number of sulfonamides is 2. The largest absolute Gasteiger partial charge is 0.454 e. The van der Waals surface area contributed by atoms with Crippen molar-refractivity contribution in [2.75, 3.05) is 13.2 Å². The van der Waals surface area contributed by atoms with Gasteiger partial charge in [0.05, 0.1) is 20.9 Å². The number of rotatable bonds is 12. The highest BCUT2D eigenvalue weighted by Crippen LogP contribution is 2.21. The van der Waals surface area contributed by atoms with Crippen molar-refractivity contribution in [2.24, 2.45) is 0 Å². The van der Waals surface area contributed by atoms with Crippen molar-refractivity contribution in [1.29, 1.82) is 0 Å². The predicted octanol–water partition coefficient (Wildman–Crippen LogP) is 3.74. The number of esters is 2. The van der Waals surface area contributed by atoms with Gasteiger partial charge in [-0.15, -0.1) is 0 Å². The lowest BCUT2D eigenvalue weighted by Crippen LogP contribution is -2.31. The van der Waals surface area contributed by atoms with Crippen LogP contribution in [0.4, 0.5) is 0 Å². The van der Waals surface area contributed by atoms with Crippen molar-refractivity contribution < 1.29 is 50.3 Å². The monoisotopic (exact) mass is 720 g/mol. The van der Waals surface area contributed by atoms with Crippen LogP contribution in [0.25, 0.3) is 0 Å². The van der Waals surface area contributed by atoms with Gasteiger partial charge in [-0.25, -0.2) is 35.9 Å². The van der Waals surface area contributed by atoms with E-state index in [2.05, 4.69) is 0 Å². The summed E-state index contributed by atoms with van der Waals surface area (Å²) >= 11 is 0. The number of carbonyl (C=O) groups excluding carboxylic acids is 5. The fourth-order valence-electron chi connectivity index (χ4n) is 4.99.